The average Bonchev–Trinajstić information content (AvgIpc) is 3.54. The van der Waals surface area contributed by atoms with Crippen molar-refractivity contribution in [3.63, 3.8) is 0 Å². The first-order valence-corrected chi connectivity index (χ1v) is 11.5. The first-order valence-electron chi connectivity index (χ1n) is 11.1. The second-order valence-electron chi connectivity index (χ2n) is 8.76. The molecule has 1 aromatic heterocycles. The van der Waals surface area contributed by atoms with Gasteiger partial charge >= 0.3 is 6.09 Å². The van der Waals surface area contributed by atoms with Crippen LogP contribution < -0.4 is 14.5 Å². The third-order valence-electron chi connectivity index (χ3n) is 6.55. The number of ether oxygens (including phenoxy) is 1. The minimum Gasteiger partial charge on any atom is -0.496 e. The van der Waals surface area contributed by atoms with Gasteiger partial charge in [-0.2, -0.15) is 5.10 Å². The van der Waals surface area contributed by atoms with E-state index in [2.05, 4.69) is 5.10 Å². The molecule has 9 heteroatoms. The number of benzene rings is 2. The third kappa shape index (κ3) is 3.68. The second-order valence-corrected chi connectivity index (χ2v) is 9.19. The van der Waals surface area contributed by atoms with Crippen LogP contribution in [0.4, 0.5) is 16.2 Å². The molecular formula is C25H25ClN4O4. The van der Waals surface area contributed by atoms with Crippen LogP contribution in [-0.4, -0.2) is 40.0 Å². The van der Waals surface area contributed by atoms with Crippen LogP contribution in [-0.2, 0) is 4.79 Å². The summed E-state index contributed by atoms with van der Waals surface area (Å²) in [5, 5.41) is 15.3. The summed E-state index contributed by atoms with van der Waals surface area (Å²) in [7, 11) is 1.53. The molecule has 0 bridgehead atoms. The van der Waals surface area contributed by atoms with Crippen LogP contribution >= 0.6 is 11.6 Å². The number of aromatic nitrogens is 2. The number of hydrogen-bond donors (Lipinski definition) is 1. The van der Waals surface area contributed by atoms with Gasteiger partial charge in [-0.3, -0.25) is 14.4 Å². The number of fused-ring (bicyclic) bond motifs is 1. The summed E-state index contributed by atoms with van der Waals surface area (Å²) in [6.45, 7) is 3.31. The van der Waals surface area contributed by atoms with Gasteiger partial charge in [-0.1, -0.05) is 17.7 Å². The van der Waals surface area contributed by atoms with E-state index < -0.39 is 18.2 Å². The summed E-state index contributed by atoms with van der Waals surface area (Å²) in [4.78, 5) is 28.4. The average molecular weight is 481 g/mol. The molecule has 0 radical (unpaired) electrons. The van der Waals surface area contributed by atoms with Gasteiger partial charge < -0.3 is 14.7 Å². The molecule has 2 amide bonds. The standard InChI is InChI=1S/C25H25ClN4O4/c1-14-24(20-11-18(26)5-9-23(20)34-3)30(25(32)33)22-10-16(4-8-21(22)29(14)15(2)31)17-12-27-28(13-17)19-6-7-19/h4-5,8-14,19,24H,6-7H2,1-3H3,(H,32,33)/t14-,24?/m0/s1. The molecule has 1 aliphatic carbocycles. The van der Waals surface area contributed by atoms with Crippen LogP contribution in [0.15, 0.2) is 48.8 Å². The van der Waals surface area contributed by atoms with E-state index in [9.17, 15) is 14.7 Å². The minimum atomic E-state index is -1.13. The van der Waals surface area contributed by atoms with Crippen molar-refractivity contribution in [1.29, 1.82) is 0 Å². The molecule has 1 N–H and O–H groups in total. The number of rotatable bonds is 4. The topological polar surface area (TPSA) is 87.9 Å². The van der Waals surface area contributed by atoms with Gasteiger partial charge in [0, 0.05) is 29.3 Å². The summed E-state index contributed by atoms with van der Waals surface area (Å²) < 4.78 is 7.50. The number of halogens is 1. The SMILES string of the molecule is COc1ccc(Cl)cc1C1[C@H](C)N(C(C)=O)c2ccc(-c3cnn(C4CC4)c3)cc2N1C(=O)O. The maximum atomic E-state index is 12.8. The van der Waals surface area contributed by atoms with Crippen LogP contribution in [0.25, 0.3) is 11.1 Å². The molecule has 0 spiro atoms. The second kappa shape index (κ2) is 8.36. The molecule has 34 heavy (non-hydrogen) atoms. The minimum absolute atomic E-state index is 0.181. The van der Waals surface area contributed by atoms with Gasteiger partial charge in [0.25, 0.3) is 0 Å². The Labute approximate surface area is 202 Å². The Kier molecular flexibility index (Phi) is 5.48. The molecule has 1 aliphatic heterocycles. The van der Waals surface area contributed by atoms with E-state index in [4.69, 9.17) is 16.3 Å². The van der Waals surface area contributed by atoms with Crippen LogP contribution in [0, 0.1) is 0 Å². The monoisotopic (exact) mass is 480 g/mol. The van der Waals surface area contributed by atoms with Gasteiger partial charge in [0.15, 0.2) is 0 Å². The highest BCUT2D eigenvalue weighted by atomic mass is 35.5. The fourth-order valence-electron chi connectivity index (χ4n) is 4.87. The van der Waals surface area contributed by atoms with Crippen LogP contribution in [0.1, 0.15) is 44.3 Å². The highest BCUT2D eigenvalue weighted by Gasteiger charge is 2.43. The molecule has 1 fully saturated rings. The van der Waals surface area contributed by atoms with Gasteiger partial charge in [0.2, 0.25) is 5.91 Å². The Morgan fingerprint density at radius 3 is 2.50 bits per heavy atom. The van der Waals surface area contributed by atoms with E-state index in [1.165, 1.54) is 18.9 Å². The number of methoxy groups -OCH3 is 1. The lowest BCUT2D eigenvalue weighted by molar-refractivity contribution is -0.117. The molecule has 176 valence electrons. The van der Waals surface area contributed by atoms with Crippen molar-refractivity contribution in [2.24, 2.45) is 0 Å². The Morgan fingerprint density at radius 1 is 1.09 bits per heavy atom. The molecule has 8 nitrogen and oxygen atoms in total. The third-order valence-corrected chi connectivity index (χ3v) is 6.78. The summed E-state index contributed by atoms with van der Waals surface area (Å²) >= 11 is 6.29. The van der Waals surface area contributed by atoms with Crippen molar-refractivity contribution in [2.45, 2.75) is 44.8 Å². The fraction of sp³-hybridized carbons (Fsp3) is 0.320. The van der Waals surface area contributed by atoms with Crippen molar-refractivity contribution in [3.05, 3.63) is 59.4 Å². The number of carbonyl (C=O) groups excluding carboxylic acids is 1. The smallest absolute Gasteiger partial charge is 0.412 e. The molecule has 2 aliphatic rings. The highest BCUT2D eigenvalue weighted by Crippen LogP contribution is 2.48. The zero-order valence-corrected chi connectivity index (χ0v) is 19.9. The van der Waals surface area contributed by atoms with Gasteiger partial charge in [-0.15, -0.1) is 0 Å². The Bertz CT molecular complexity index is 1290. The maximum absolute atomic E-state index is 12.8. The summed E-state index contributed by atoms with van der Waals surface area (Å²) in [5.41, 5.74) is 3.27. The summed E-state index contributed by atoms with van der Waals surface area (Å²) in [6.07, 6.45) is 4.88. The molecule has 1 unspecified atom stereocenters. The van der Waals surface area contributed by atoms with Gasteiger partial charge in [0.05, 0.1) is 42.8 Å². The predicted molar refractivity (Wildman–Crippen MR) is 130 cm³/mol. The van der Waals surface area contributed by atoms with Gasteiger partial charge in [-0.25, -0.2) is 4.79 Å². The van der Waals surface area contributed by atoms with Crippen molar-refractivity contribution in [2.75, 3.05) is 16.9 Å². The Balaban J connectivity index is 1.69. The van der Waals surface area contributed by atoms with Crippen molar-refractivity contribution < 1.29 is 19.4 Å². The number of carbonyl (C=O) groups is 2. The van der Waals surface area contributed by atoms with Crippen molar-refractivity contribution >= 4 is 35.0 Å². The summed E-state index contributed by atoms with van der Waals surface area (Å²) in [6, 6.07) is 9.82. The first-order chi connectivity index (χ1) is 16.3. The Morgan fingerprint density at radius 2 is 1.85 bits per heavy atom. The van der Waals surface area contributed by atoms with Crippen LogP contribution in [0.2, 0.25) is 5.02 Å². The lowest BCUT2D eigenvalue weighted by Crippen LogP contribution is -2.53. The molecular weight excluding hydrogens is 456 g/mol. The number of hydrogen-bond acceptors (Lipinski definition) is 4. The fourth-order valence-corrected chi connectivity index (χ4v) is 5.05. The number of amides is 2. The zero-order valence-electron chi connectivity index (χ0n) is 19.1. The molecule has 3 aromatic rings. The number of carboxylic acid groups (broad SMARTS) is 1. The molecule has 5 rings (SSSR count). The molecule has 2 heterocycles. The number of nitrogens with zero attached hydrogens (tertiary/aromatic N) is 4. The van der Waals surface area contributed by atoms with E-state index in [1.807, 2.05) is 29.9 Å². The predicted octanol–water partition coefficient (Wildman–Crippen LogP) is 5.53. The van der Waals surface area contributed by atoms with E-state index in [-0.39, 0.29) is 5.91 Å². The highest BCUT2D eigenvalue weighted by molar-refractivity contribution is 6.30. The first kappa shape index (κ1) is 22.3. The van der Waals surface area contributed by atoms with E-state index in [0.717, 1.165) is 24.0 Å². The number of anilines is 2. The van der Waals surface area contributed by atoms with Crippen molar-refractivity contribution in [1.82, 2.24) is 9.78 Å². The van der Waals surface area contributed by atoms with Gasteiger partial charge in [0.1, 0.15) is 5.75 Å². The molecule has 0 saturated heterocycles. The lowest BCUT2D eigenvalue weighted by atomic mass is 9.91. The molecule has 2 aromatic carbocycles. The van der Waals surface area contributed by atoms with E-state index in [0.29, 0.717) is 33.8 Å². The van der Waals surface area contributed by atoms with E-state index in [1.54, 1.807) is 35.4 Å². The van der Waals surface area contributed by atoms with Crippen molar-refractivity contribution in [3.8, 4) is 16.9 Å². The lowest BCUT2D eigenvalue weighted by Gasteiger charge is -2.46. The van der Waals surface area contributed by atoms with E-state index >= 15 is 0 Å². The van der Waals surface area contributed by atoms with Gasteiger partial charge in [-0.05, 0) is 55.7 Å². The largest absolute Gasteiger partial charge is 0.496 e. The zero-order chi connectivity index (χ0) is 24.1. The normalized spacial score (nSPS) is 19.6. The molecule has 1 saturated carbocycles. The summed E-state index contributed by atoms with van der Waals surface area (Å²) in [5.74, 6) is 0.320. The van der Waals surface area contributed by atoms with Crippen LogP contribution in [0.3, 0.4) is 0 Å². The van der Waals surface area contributed by atoms with Crippen LogP contribution in [0.5, 0.6) is 5.75 Å². The maximum Gasteiger partial charge on any atom is 0.412 e. The molecule has 2 atom stereocenters. The Hall–Kier alpha value is -3.52. The quantitative estimate of drug-likeness (QED) is 0.530.